The third-order valence-corrected chi connectivity index (χ3v) is 6.55. The summed E-state index contributed by atoms with van der Waals surface area (Å²) in [6, 6.07) is 11.6. The van der Waals surface area contributed by atoms with Crippen LogP contribution in [0, 0.1) is 5.92 Å². The smallest absolute Gasteiger partial charge is 0.242 e. The molecule has 9 nitrogen and oxygen atoms in total. The number of anilines is 1. The van der Waals surface area contributed by atoms with E-state index in [1.165, 1.54) is 0 Å². The van der Waals surface area contributed by atoms with Crippen LogP contribution in [0.1, 0.15) is 26.7 Å². The molecule has 2 aliphatic heterocycles. The summed E-state index contributed by atoms with van der Waals surface area (Å²) in [4.78, 5) is 31.4. The van der Waals surface area contributed by atoms with E-state index >= 15 is 0 Å². The van der Waals surface area contributed by atoms with Gasteiger partial charge in [-0.2, -0.15) is 0 Å². The van der Waals surface area contributed by atoms with Gasteiger partial charge >= 0.3 is 0 Å². The summed E-state index contributed by atoms with van der Waals surface area (Å²) in [7, 11) is 1.64. The van der Waals surface area contributed by atoms with Crippen molar-refractivity contribution >= 4 is 17.6 Å². The molecule has 0 N–H and O–H groups in total. The Hall–Kier alpha value is -3.20. The Bertz CT molecular complexity index is 999. The van der Waals surface area contributed by atoms with Crippen molar-refractivity contribution in [2.24, 2.45) is 5.92 Å². The molecule has 4 rings (SSSR count). The number of hydrogen-bond donors (Lipinski definition) is 0. The molecular formula is C26H35N5O4. The van der Waals surface area contributed by atoms with Crippen LogP contribution >= 0.6 is 0 Å². The Balaban J connectivity index is 1.32. The number of aromatic nitrogens is 2. The van der Waals surface area contributed by atoms with E-state index in [-0.39, 0.29) is 30.4 Å². The number of ether oxygens (including phenoxy) is 2. The first kappa shape index (κ1) is 24.9. The summed E-state index contributed by atoms with van der Waals surface area (Å²) in [6.07, 6.45) is 1.97. The van der Waals surface area contributed by atoms with Gasteiger partial charge in [-0.1, -0.05) is 26.0 Å². The van der Waals surface area contributed by atoms with Gasteiger partial charge in [0.05, 0.1) is 25.5 Å². The molecule has 188 valence electrons. The van der Waals surface area contributed by atoms with Crippen molar-refractivity contribution in [2.45, 2.75) is 32.8 Å². The van der Waals surface area contributed by atoms with Crippen LogP contribution in [-0.4, -0.2) is 90.9 Å². The van der Waals surface area contributed by atoms with Gasteiger partial charge in [-0.05, 0) is 37.1 Å². The van der Waals surface area contributed by atoms with Crippen molar-refractivity contribution in [3.63, 3.8) is 0 Å². The summed E-state index contributed by atoms with van der Waals surface area (Å²) in [5, 5.41) is 8.81. The van der Waals surface area contributed by atoms with E-state index in [2.05, 4.69) is 15.1 Å². The Kier molecular flexibility index (Phi) is 8.17. The number of amides is 2. The quantitative estimate of drug-likeness (QED) is 0.572. The SMILES string of the molecule is COc1cccc(-c2ccc(N3CCN(C(=O)CN(CC4CCCO4)C(=O)C(C)C)CC3)nn2)c1. The second-order valence-electron chi connectivity index (χ2n) is 9.39. The van der Waals surface area contributed by atoms with Crippen LogP contribution in [0.15, 0.2) is 36.4 Å². The van der Waals surface area contributed by atoms with Crippen LogP contribution in [0.2, 0.25) is 0 Å². The number of benzene rings is 1. The molecule has 0 bridgehead atoms. The predicted octanol–water partition coefficient (Wildman–Crippen LogP) is 2.46. The molecule has 0 saturated carbocycles. The van der Waals surface area contributed by atoms with Gasteiger partial charge in [0, 0.05) is 50.8 Å². The zero-order valence-corrected chi connectivity index (χ0v) is 20.9. The van der Waals surface area contributed by atoms with Gasteiger partial charge < -0.3 is 24.2 Å². The van der Waals surface area contributed by atoms with Gasteiger partial charge in [-0.25, -0.2) is 0 Å². The fraction of sp³-hybridized carbons (Fsp3) is 0.538. The van der Waals surface area contributed by atoms with Crippen molar-refractivity contribution in [1.29, 1.82) is 0 Å². The molecule has 2 fully saturated rings. The van der Waals surface area contributed by atoms with Crippen LogP contribution in [-0.2, 0) is 14.3 Å². The van der Waals surface area contributed by atoms with Crippen molar-refractivity contribution in [3.8, 4) is 17.0 Å². The lowest BCUT2D eigenvalue weighted by molar-refractivity contribution is -0.143. The minimum Gasteiger partial charge on any atom is -0.497 e. The van der Waals surface area contributed by atoms with Gasteiger partial charge in [-0.15, -0.1) is 10.2 Å². The predicted molar refractivity (Wildman–Crippen MR) is 133 cm³/mol. The van der Waals surface area contributed by atoms with E-state index in [1.54, 1.807) is 12.0 Å². The number of piperazine rings is 1. The molecular weight excluding hydrogens is 446 g/mol. The van der Waals surface area contributed by atoms with Gasteiger partial charge in [0.1, 0.15) is 5.75 Å². The fourth-order valence-corrected chi connectivity index (χ4v) is 4.51. The minimum atomic E-state index is -0.153. The van der Waals surface area contributed by atoms with Crippen LogP contribution in [0.3, 0.4) is 0 Å². The lowest BCUT2D eigenvalue weighted by atomic mass is 10.1. The van der Waals surface area contributed by atoms with Crippen molar-refractivity contribution < 1.29 is 19.1 Å². The monoisotopic (exact) mass is 481 g/mol. The van der Waals surface area contributed by atoms with E-state index in [1.807, 2.05) is 55.1 Å². The average molecular weight is 482 g/mol. The minimum absolute atomic E-state index is 0.00103. The van der Waals surface area contributed by atoms with E-state index in [0.717, 1.165) is 42.3 Å². The molecule has 0 aliphatic carbocycles. The molecule has 1 aromatic carbocycles. The Morgan fingerprint density at radius 2 is 1.94 bits per heavy atom. The molecule has 2 aromatic rings. The van der Waals surface area contributed by atoms with Crippen LogP contribution in [0.5, 0.6) is 5.75 Å². The maximum Gasteiger partial charge on any atom is 0.242 e. The third-order valence-electron chi connectivity index (χ3n) is 6.55. The highest BCUT2D eigenvalue weighted by atomic mass is 16.5. The molecule has 35 heavy (non-hydrogen) atoms. The summed E-state index contributed by atoms with van der Waals surface area (Å²) >= 11 is 0. The van der Waals surface area contributed by atoms with Crippen LogP contribution in [0.25, 0.3) is 11.3 Å². The number of hydrogen-bond acceptors (Lipinski definition) is 7. The van der Waals surface area contributed by atoms with Crippen molar-refractivity contribution in [2.75, 3.05) is 57.9 Å². The number of carbonyl (C=O) groups excluding carboxylic acids is 2. The Morgan fingerprint density at radius 1 is 1.14 bits per heavy atom. The number of methoxy groups -OCH3 is 1. The largest absolute Gasteiger partial charge is 0.497 e. The van der Waals surface area contributed by atoms with Crippen molar-refractivity contribution in [3.05, 3.63) is 36.4 Å². The fourth-order valence-electron chi connectivity index (χ4n) is 4.51. The van der Waals surface area contributed by atoms with E-state index in [4.69, 9.17) is 9.47 Å². The maximum atomic E-state index is 13.0. The highest BCUT2D eigenvalue weighted by Gasteiger charge is 2.29. The van der Waals surface area contributed by atoms with E-state index < -0.39 is 0 Å². The maximum absolute atomic E-state index is 13.0. The molecule has 9 heteroatoms. The molecule has 0 radical (unpaired) electrons. The van der Waals surface area contributed by atoms with Crippen LogP contribution in [0.4, 0.5) is 5.82 Å². The summed E-state index contributed by atoms with van der Waals surface area (Å²) in [5.41, 5.74) is 1.73. The number of rotatable bonds is 8. The normalized spacial score (nSPS) is 18.1. The second-order valence-corrected chi connectivity index (χ2v) is 9.39. The average Bonchev–Trinajstić information content (AvgIpc) is 3.41. The number of nitrogens with zero attached hydrogens (tertiary/aromatic N) is 5. The van der Waals surface area contributed by atoms with Gasteiger partial charge in [0.15, 0.2) is 5.82 Å². The second kappa shape index (κ2) is 11.5. The first-order chi connectivity index (χ1) is 16.9. The van der Waals surface area contributed by atoms with E-state index in [9.17, 15) is 9.59 Å². The third kappa shape index (κ3) is 6.28. The lowest BCUT2D eigenvalue weighted by Crippen LogP contribution is -2.53. The highest BCUT2D eigenvalue weighted by Crippen LogP contribution is 2.23. The first-order valence-electron chi connectivity index (χ1n) is 12.4. The highest BCUT2D eigenvalue weighted by molar-refractivity contribution is 5.86. The van der Waals surface area contributed by atoms with Crippen molar-refractivity contribution in [1.82, 2.24) is 20.0 Å². The Labute approximate surface area is 207 Å². The molecule has 1 aromatic heterocycles. The van der Waals surface area contributed by atoms with Crippen LogP contribution < -0.4 is 9.64 Å². The molecule has 2 amide bonds. The van der Waals surface area contributed by atoms with E-state index in [0.29, 0.717) is 32.7 Å². The molecule has 3 heterocycles. The molecule has 1 unspecified atom stereocenters. The molecule has 0 spiro atoms. The van der Waals surface area contributed by atoms with Gasteiger partial charge in [0.2, 0.25) is 11.8 Å². The zero-order chi connectivity index (χ0) is 24.8. The molecule has 1 atom stereocenters. The molecule has 2 saturated heterocycles. The molecule has 2 aliphatic rings. The standard InChI is InChI=1S/C26H35N5O4/c1-19(2)26(33)31(17-22-8-5-15-35-22)18-25(32)30-13-11-29(12-14-30)24-10-9-23(27-28-24)20-6-4-7-21(16-20)34-3/h4,6-7,9-10,16,19,22H,5,8,11-15,17-18H2,1-3H3. The summed E-state index contributed by atoms with van der Waals surface area (Å²) in [6.45, 7) is 7.57. The number of carbonyl (C=O) groups is 2. The summed E-state index contributed by atoms with van der Waals surface area (Å²) < 4.78 is 11.0. The first-order valence-corrected chi connectivity index (χ1v) is 12.4. The Morgan fingerprint density at radius 3 is 2.57 bits per heavy atom. The van der Waals surface area contributed by atoms with Gasteiger partial charge in [-0.3, -0.25) is 9.59 Å². The van der Waals surface area contributed by atoms with Gasteiger partial charge in [0.25, 0.3) is 0 Å². The lowest BCUT2D eigenvalue weighted by Gasteiger charge is -2.36. The topological polar surface area (TPSA) is 88.1 Å². The zero-order valence-electron chi connectivity index (χ0n) is 20.9. The summed E-state index contributed by atoms with van der Waals surface area (Å²) in [5.74, 6) is 1.40.